The minimum absolute atomic E-state index is 1.01. The molecule has 0 atom stereocenters. The third-order valence-corrected chi connectivity index (χ3v) is 1.13. The van der Waals surface area contributed by atoms with E-state index < -0.39 is 0 Å². The van der Waals surface area contributed by atoms with Crippen LogP contribution in [0.3, 0.4) is 0 Å². The first-order chi connectivity index (χ1) is 3.83. The molecule has 0 bridgehead atoms. The Labute approximate surface area is 49.2 Å². The van der Waals surface area contributed by atoms with Crippen LogP contribution in [0, 0.1) is 6.92 Å². The van der Waals surface area contributed by atoms with Gasteiger partial charge in [-0.2, -0.15) is 0 Å². The van der Waals surface area contributed by atoms with Gasteiger partial charge in [0.2, 0.25) is 0 Å². The molecular weight excluding hydrogens is 100 g/mol. The fourth-order valence-electron chi connectivity index (χ4n) is 0.645. The van der Waals surface area contributed by atoms with E-state index in [9.17, 15) is 0 Å². The molecule has 0 saturated carbocycles. The van der Waals surface area contributed by atoms with E-state index in [0.717, 1.165) is 12.2 Å². The molecule has 44 valence electrons. The Morgan fingerprint density at radius 1 is 1.75 bits per heavy atom. The molecule has 1 heterocycles. The average Bonchev–Trinajstić information content (AvgIpc) is 2.14. The standard InChI is InChI=1S/C6H10N2/c1-3-8-4-6(2)7-5-8/h4-5H,3H2,1-2H3. The first-order valence-electron chi connectivity index (χ1n) is 2.81. The Bertz CT molecular complexity index is 167. The van der Waals surface area contributed by atoms with Crippen molar-refractivity contribution >= 4 is 0 Å². The van der Waals surface area contributed by atoms with Crippen molar-refractivity contribution in [3.8, 4) is 0 Å². The average molecular weight is 110 g/mol. The largest absolute Gasteiger partial charge is 0.337 e. The lowest BCUT2D eigenvalue weighted by Crippen LogP contribution is -1.86. The number of aryl methyl sites for hydroxylation is 2. The zero-order valence-corrected chi connectivity index (χ0v) is 5.26. The summed E-state index contributed by atoms with van der Waals surface area (Å²) in [5, 5.41) is 0. The van der Waals surface area contributed by atoms with Crippen LogP contribution in [0.5, 0.6) is 0 Å². The van der Waals surface area contributed by atoms with Crippen molar-refractivity contribution < 1.29 is 0 Å². The van der Waals surface area contributed by atoms with Crippen LogP contribution >= 0.6 is 0 Å². The van der Waals surface area contributed by atoms with Crippen molar-refractivity contribution in [2.45, 2.75) is 20.4 Å². The van der Waals surface area contributed by atoms with Gasteiger partial charge in [-0.1, -0.05) is 0 Å². The quantitative estimate of drug-likeness (QED) is 0.531. The van der Waals surface area contributed by atoms with E-state index in [4.69, 9.17) is 0 Å². The van der Waals surface area contributed by atoms with Gasteiger partial charge in [0.25, 0.3) is 0 Å². The molecule has 1 aromatic rings. The van der Waals surface area contributed by atoms with E-state index >= 15 is 0 Å². The molecule has 1 aromatic heterocycles. The van der Waals surface area contributed by atoms with Crippen molar-refractivity contribution in [3.63, 3.8) is 0 Å². The Kier molecular flexibility index (Phi) is 1.33. The molecule has 0 aliphatic rings. The second-order valence-electron chi connectivity index (χ2n) is 1.85. The highest BCUT2D eigenvalue weighted by Crippen LogP contribution is 1.90. The molecule has 1 rings (SSSR count). The van der Waals surface area contributed by atoms with Gasteiger partial charge in [-0.25, -0.2) is 4.98 Å². The van der Waals surface area contributed by atoms with E-state index in [1.165, 1.54) is 0 Å². The van der Waals surface area contributed by atoms with Crippen molar-refractivity contribution in [3.05, 3.63) is 18.2 Å². The van der Waals surface area contributed by atoms with Crippen LogP contribution < -0.4 is 0 Å². The molecule has 8 heavy (non-hydrogen) atoms. The summed E-state index contributed by atoms with van der Waals surface area (Å²) in [5.74, 6) is 0. The molecule has 0 spiro atoms. The van der Waals surface area contributed by atoms with Gasteiger partial charge in [0.05, 0.1) is 12.0 Å². The molecular formula is C6H10N2. The zero-order chi connectivity index (χ0) is 5.98. The van der Waals surface area contributed by atoms with E-state index in [1.54, 1.807) is 0 Å². The highest BCUT2D eigenvalue weighted by Gasteiger charge is 1.85. The lowest BCUT2D eigenvalue weighted by atomic mass is 10.6. The van der Waals surface area contributed by atoms with E-state index in [2.05, 4.69) is 16.5 Å². The third kappa shape index (κ3) is 0.886. The highest BCUT2D eigenvalue weighted by atomic mass is 15.0. The van der Waals surface area contributed by atoms with Gasteiger partial charge < -0.3 is 4.57 Å². The second kappa shape index (κ2) is 1.99. The maximum absolute atomic E-state index is 4.05. The van der Waals surface area contributed by atoms with Gasteiger partial charge in [-0.15, -0.1) is 0 Å². The van der Waals surface area contributed by atoms with Crippen LogP contribution in [0.25, 0.3) is 0 Å². The second-order valence-corrected chi connectivity index (χ2v) is 1.85. The minimum Gasteiger partial charge on any atom is -0.337 e. The lowest BCUT2D eigenvalue weighted by Gasteiger charge is -1.88. The zero-order valence-electron chi connectivity index (χ0n) is 5.26. The predicted octanol–water partition coefficient (Wildman–Crippen LogP) is 1.21. The topological polar surface area (TPSA) is 17.8 Å². The molecule has 0 unspecified atom stereocenters. The minimum atomic E-state index is 1.01. The monoisotopic (exact) mass is 110 g/mol. The van der Waals surface area contributed by atoms with Crippen molar-refractivity contribution in [1.29, 1.82) is 0 Å². The first-order valence-corrected chi connectivity index (χ1v) is 2.81. The first kappa shape index (κ1) is 5.35. The number of imidazole rings is 1. The number of aromatic nitrogens is 2. The van der Waals surface area contributed by atoms with Crippen LogP contribution in [0.1, 0.15) is 12.6 Å². The summed E-state index contributed by atoms with van der Waals surface area (Å²) in [4.78, 5) is 4.05. The summed E-state index contributed by atoms with van der Waals surface area (Å²) < 4.78 is 2.05. The fraction of sp³-hybridized carbons (Fsp3) is 0.500. The number of nitrogens with zero attached hydrogens (tertiary/aromatic N) is 2. The molecule has 2 nitrogen and oxygen atoms in total. The van der Waals surface area contributed by atoms with Gasteiger partial charge in [0.15, 0.2) is 0 Å². The number of rotatable bonds is 1. The van der Waals surface area contributed by atoms with Crippen LogP contribution in [0.4, 0.5) is 0 Å². The molecule has 0 N–H and O–H groups in total. The summed E-state index contributed by atoms with van der Waals surface area (Å²) >= 11 is 0. The Morgan fingerprint density at radius 3 is 2.75 bits per heavy atom. The van der Waals surface area contributed by atoms with Crippen LogP contribution in [0.15, 0.2) is 12.5 Å². The maximum atomic E-state index is 4.05. The Hall–Kier alpha value is -0.790. The molecule has 2 heteroatoms. The van der Waals surface area contributed by atoms with Gasteiger partial charge in [0.1, 0.15) is 0 Å². The normalized spacial score (nSPS) is 9.75. The van der Waals surface area contributed by atoms with Gasteiger partial charge in [-0.3, -0.25) is 0 Å². The van der Waals surface area contributed by atoms with Crippen LogP contribution in [-0.4, -0.2) is 9.55 Å². The summed E-state index contributed by atoms with van der Waals surface area (Å²) in [6.45, 7) is 5.11. The molecule has 0 aromatic carbocycles. The molecule has 0 saturated heterocycles. The predicted molar refractivity (Wildman–Crippen MR) is 32.6 cm³/mol. The molecule has 0 fully saturated rings. The SMILES string of the molecule is CCn1cnc(C)c1. The van der Waals surface area contributed by atoms with Gasteiger partial charge in [-0.05, 0) is 13.8 Å². The van der Waals surface area contributed by atoms with Crippen LogP contribution in [-0.2, 0) is 6.54 Å². The Balaban J connectivity index is 2.84. The Morgan fingerprint density at radius 2 is 2.50 bits per heavy atom. The molecule has 0 aliphatic heterocycles. The number of hydrogen-bond donors (Lipinski definition) is 0. The van der Waals surface area contributed by atoms with Gasteiger partial charge >= 0.3 is 0 Å². The smallest absolute Gasteiger partial charge is 0.0949 e. The van der Waals surface area contributed by atoms with E-state index in [1.807, 2.05) is 19.4 Å². The lowest BCUT2D eigenvalue weighted by molar-refractivity contribution is 0.761. The summed E-state index contributed by atoms with van der Waals surface area (Å²) in [7, 11) is 0. The number of hydrogen-bond acceptors (Lipinski definition) is 1. The van der Waals surface area contributed by atoms with Crippen molar-refractivity contribution in [2.75, 3.05) is 0 Å². The van der Waals surface area contributed by atoms with Crippen LogP contribution in [0.2, 0.25) is 0 Å². The molecule has 0 aliphatic carbocycles. The summed E-state index contributed by atoms with van der Waals surface area (Å²) in [6.07, 6.45) is 3.87. The molecule has 0 amide bonds. The summed E-state index contributed by atoms with van der Waals surface area (Å²) in [6, 6.07) is 0. The molecule has 0 radical (unpaired) electrons. The van der Waals surface area contributed by atoms with Crippen molar-refractivity contribution in [2.24, 2.45) is 0 Å². The van der Waals surface area contributed by atoms with Gasteiger partial charge in [0, 0.05) is 12.7 Å². The maximum Gasteiger partial charge on any atom is 0.0949 e. The highest BCUT2D eigenvalue weighted by molar-refractivity contribution is 4.91. The summed E-state index contributed by atoms with van der Waals surface area (Å²) in [5.41, 5.74) is 1.09. The fourth-order valence-corrected chi connectivity index (χ4v) is 0.645. The van der Waals surface area contributed by atoms with E-state index in [0.29, 0.717) is 0 Å². The van der Waals surface area contributed by atoms with E-state index in [-0.39, 0.29) is 0 Å². The van der Waals surface area contributed by atoms with Crippen molar-refractivity contribution in [1.82, 2.24) is 9.55 Å². The third-order valence-electron chi connectivity index (χ3n) is 1.13.